The first-order valence-electron chi connectivity index (χ1n) is 11.2. The molecule has 4 rings (SSSR count). The van der Waals surface area contributed by atoms with Gasteiger partial charge < -0.3 is 9.32 Å². The average Bonchev–Trinajstić information content (AvgIpc) is 3.42. The number of benzene rings is 1. The van der Waals surface area contributed by atoms with Crippen LogP contribution in [0.1, 0.15) is 49.8 Å². The summed E-state index contributed by atoms with van der Waals surface area (Å²) in [4.78, 5) is 19.0. The van der Waals surface area contributed by atoms with Crippen molar-refractivity contribution in [3.8, 4) is 11.5 Å². The van der Waals surface area contributed by atoms with E-state index in [9.17, 15) is 22.0 Å². The number of alkyl halides is 2. The molecule has 10 heteroatoms. The number of sulfonamides is 1. The number of amides is 1. The fourth-order valence-corrected chi connectivity index (χ4v) is 6.56. The van der Waals surface area contributed by atoms with Crippen molar-refractivity contribution >= 4 is 15.9 Å². The van der Waals surface area contributed by atoms with Gasteiger partial charge in [-0.3, -0.25) is 4.79 Å². The molecule has 7 nitrogen and oxygen atoms in total. The Morgan fingerprint density at radius 3 is 2.55 bits per heavy atom. The van der Waals surface area contributed by atoms with Gasteiger partial charge in [0.05, 0.1) is 16.7 Å². The molecule has 1 aromatic carbocycles. The number of carbonyl (C=O) groups excluding carboxylic acids is 1. The van der Waals surface area contributed by atoms with Crippen molar-refractivity contribution < 1.29 is 26.4 Å². The summed E-state index contributed by atoms with van der Waals surface area (Å²) in [5.41, 5.74) is 1.20. The zero-order valence-electron chi connectivity index (χ0n) is 19.1. The highest BCUT2D eigenvalue weighted by Gasteiger charge is 2.44. The lowest BCUT2D eigenvalue weighted by atomic mass is 9.91. The maximum atomic E-state index is 13.7. The third-order valence-electron chi connectivity index (χ3n) is 6.64. The molecular weight excluding hydrogens is 452 g/mol. The zero-order chi connectivity index (χ0) is 24.0. The van der Waals surface area contributed by atoms with Crippen LogP contribution in [-0.2, 0) is 14.8 Å². The van der Waals surface area contributed by atoms with Crippen LogP contribution in [0.25, 0.3) is 11.5 Å². The highest BCUT2D eigenvalue weighted by molar-refractivity contribution is 7.89. The second-order valence-corrected chi connectivity index (χ2v) is 10.9. The smallest absolute Gasteiger partial charge is 0.248 e. The summed E-state index contributed by atoms with van der Waals surface area (Å²) in [7, 11) is -2.45. The monoisotopic (exact) mass is 481 g/mol. The number of aromatic nitrogens is 1. The lowest BCUT2D eigenvalue weighted by Crippen LogP contribution is -2.50. The Bertz CT molecular complexity index is 1140. The van der Waals surface area contributed by atoms with Crippen LogP contribution >= 0.6 is 0 Å². The molecule has 1 aliphatic heterocycles. The number of carbonyl (C=O) groups is 1. The number of likely N-dealkylation sites (N-methyl/N-ethyl adjacent to an activating group) is 1. The molecule has 0 N–H and O–H groups in total. The van der Waals surface area contributed by atoms with Crippen molar-refractivity contribution in [1.29, 1.82) is 0 Å². The first kappa shape index (κ1) is 23.8. The van der Waals surface area contributed by atoms with Gasteiger partial charge in [-0.1, -0.05) is 11.6 Å². The SMILES string of the molecule is Cc1ccc(S(=O)(=O)N2CCC[C@H]2C(=O)N(C)C2CCC(F)(F)CC2)c(-c2ncc(C)o2)c1. The second-order valence-electron chi connectivity index (χ2n) is 9.09. The molecule has 1 saturated heterocycles. The molecule has 0 radical (unpaired) electrons. The van der Waals surface area contributed by atoms with Crippen LogP contribution in [0, 0.1) is 13.8 Å². The van der Waals surface area contributed by atoms with E-state index in [0.29, 0.717) is 24.2 Å². The Labute approximate surface area is 192 Å². The highest BCUT2D eigenvalue weighted by Crippen LogP contribution is 2.37. The molecular formula is C23H29F2N3O4S. The summed E-state index contributed by atoms with van der Waals surface area (Å²) in [5, 5.41) is 0. The lowest BCUT2D eigenvalue weighted by molar-refractivity contribution is -0.138. The van der Waals surface area contributed by atoms with Crippen LogP contribution in [-0.4, -0.2) is 60.1 Å². The number of nitrogens with zero attached hydrogens (tertiary/aromatic N) is 3. The van der Waals surface area contributed by atoms with E-state index in [1.807, 2.05) is 6.92 Å². The predicted octanol–water partition coefficient (Wildman–Crippen LogP) is 4.15. The Morgan fingerprint density at radius 2 is 1.91 bits per heavy atom. The molecule has 2 heterocycles. The number of rotatable bonds is 5. The average molecular weight is 482 g/mol. The van der Waals surface area contributed by atoms with Crippen molar-refractivity contribution in [3.63, 3.8) is 0 Å². The van der Waals surface area contributed by atoms with E-state index >= 15 is 0 Å². The largest absolute Gasteiger partial charge is 0.441 e. The van der Waals surface area contributed by atoms with Crippen molar-refractivity contribution in [2.45, 2.75) is 75.3 Å². The molecule has 1 aromatic heterocycles. The summed E-state index contributed by atoms with van der Waals surface area (Å²) in [5.74, 6) is -2.27. The van der Waals surface area contributed by atoms with Gasteiger partial charge in [-0.05, 0) is 51.7 Å². The molecule has 2 fully saturated rings. The highest BCUT2D eigenvalue weighted by atomic mass is 32.2. The van der Waals surface area contributed by atoms with Crippen molar-refractivity contribution in [2.75, 3.05) is 13.6 Å². The van der Waals surface area contributed by atoms with Gasteiger partial charge >= 0.3 is 0 Å². The fourth-order valence-electron chi connectivity index (χ4n) is 4.74. The van der Waals surface area contributed by atoms with Gasteiger partial charge in [0.2, 0.25) is 27.7 Å². The number of hydrogen-bond donors (Lipinski definition) is 0. The van der Waals surface area contributed by atoms with E-state index in [1.165, 1.54) is 21.5 Å². The Morgan fingerprint density at radius 1 is 1.21 bits per heavy atom. The minimum absolute atomic E-state index is 0.0367. The Kier molecular flexibility index (Phi) is 6.34. The predicted molar refractivity (Wildman–Crippen MR) is 118 cm³/mol. The van der Waals surface area contributed by atoms with E-state index in [2.05, 4.69) is 4.98 Å². The lowest BCUT2D eigenvalue weighted by Gasteiger charge is -2.37. The summed E-state index contributed by atoms with van der Waals surface area (Å²) >= 11 is 0. The molecule has 0 bridgehead atoms. The number of hydrogen-bond acceptors (Lipinski definition) is 5. The normalized spacial score (nSPS) is 21.9. The molecule has 1 saturated carbocycles. The van der Waals surface area contributed by atoms with Crippen LogP contribution in [0.5, 0.6) is 0 Å². The van der Waals surface area contributed by atoms with E-state index < -0.39 is 22.0 Å². The molecule has 2 aliphatic rings. The summed E-state index contributed by atoms with van der Waals surface area (Å²) in [6.45, 7) is 3.79. The third-order valence-corrected chi connectivity index (χ3v) is 8.61. The zero-order valence-corrected chi connectivity index (χ0v) is 19.9. The van der Waals surface area contributed by atoms with E-state index in [1.54, 1.807) is 26.1 Å². The van der Waals surface area contributed by atoms with Crippen LogP contribution in [0.15, 0.2) is 33.7 Å². The standard InChI is InChI=1S/C23H29F2N3O4S/c1-15-6-7-20(18(13-15)21-26-14-16(2)32-21)33(30,31)28-12-4-5-19(28)22(29)27(3)17-8-10-23(24,25)11-9-17/h6-7,13-14,17,19H,4-5,8-12H2,1-3H3/t19-/m0/s1. The van der Waals surface area contributed by atoms with Gasteiger partial charge in [0, 0.05) is 32.5 Å². The van der Waals surface area contributed by atoms with Crippen molar-refractivity contribution in [1.82, 2.24) is 14.2 Å². The third kappa shape index (κ3) is 4.68. The topological polar surface area (TPSA) is 83.7 Å². The summed E-state index contributed by atoms with van der Waals surface area (Å²) < 4.78 is 61.4. The first-order valence-corrected chi connectivity index (χ1v) is 12.6. The van der Waals surface area contributed by atoms with Gasteiger partial charge in [0.1, 0.15) is 11.8 Å². The summed E-state index contributed by atoms with van der Waals surface area (Å²) in [6, 6.07) is 3.76. The molecule has 1 atom stereocenters. The molecule has 0 spiro atoms. The quantitative estimate of drug-likeness (QED) is 0.641. The van der Waals surface area contributed by atoms with Gasteiger partial charge in [-0.2, -0.15) is 4.31 Å². The molecule has 180 valence electrons. The van der Waals surface area contributed by atoms with Gasteiger partial charge in [0.15, 0.2) is 0 Å². The molecule has 1 aliphatic carbocycles. The van der Waals surface area contributed by atoms with E-state index in [0.717, 1.165) is 5.56 Å². The van der Waals surface area contributed by atoms with Crippen LogP contribution in [0.2, 0.25) is 0 Å². The van der Waals surface area contributed by atoms with Crippen LogP contribution < -0.4 is 0 Å². The van der Waals surface area contributed by atoms with Gasteiger partial charge in [-0.15, -0.1) is 0 Å². The van der Waals surface area contributed by atoms with Crippen molar-refractivity contribution in [3.05, 3.63) is 35.7 Å². The number of halogens is 2. The van der Waals surface area contributed by atoms with E-state index in [4.69, 9.17) is 4.42 Å². The maximum Gasteiger partial charge on any atom is 0.248 e. The maximum absolute atomic E-state index is 13.7. The van der Waals surface area contributed by atoms with Gasteiger partial charge in [0.25, 0.3) is 0 Å². The Hall–Kier alpha value is -2.33. The Balaban J connectivity index is 1.61. The molecule has 0 unspecified atom stereocenters. The summed E-state index contributed by atoms with van der Waals surface area (Å²) in [6.07, 6.45) is 2.37. The fraction of sp³-hybridized carbons (Fsp3) is 0.565. The first-order chi connectivity index (χ1) is 15.5. The van der Waals surface area contributed by atoms with Crippen LogP contribution in [0.4, 0.5) is 8.78 Å². The van der Waals surface area contributed by atoms with Gasteiger partial charge in [-0.25, -0.2) is 22.2 Å². The number of oxazole rings is 1. The molecule has 33 heavy (non-hydrogen) atoms. The van der Waals surface area contributed by atoms with E-state index in [-0.39, 0.29) is 55.0 Å². The molecule has 2 aromatic rings. The minimum Gasteiger partial charge on any atom is -0.441 e. The number of aryl methyl sites for hydroxylation is 2. The van der Waals surface area contributed by atoms with Crippen molar-refractivity contribution in [2.24, 2.45) is 0 Å². The molecule has 1 amide bonds. The minimum atomic E-state index is -4.04. The second kappa shape index (κ2) is 8.79. The van der Waals surface area contributed by atoms with Crippen LogP contribution in [0.3, 0.4) is 0 Å².